The van der Waals surface area contributed by atoms with E-state index in [9.17, 15) is 9.18 Å². The van der Waals surface area contributed by atoms with Crippen molar-refractivity contribution in [1.82, 2.24) is 19.8 Å². The molecule has 2 heterocycles. The quantitative estimate of drug-likeness (QED) is 0.748. The highest BCUT2D eigenvalue weighted by Crippen LogP contribution is 2.19. The van der Waals surface area contributed by atoms with Crippen molar-refractivity contribution in [2.75, 3.05) is 32.5 Å². The van der Waals surface area contributed by atoms with Gasteiger partial charge in [-0.05, 0) is 37.8 Å². The molecule has 1 aromatic carbocycles. The summed E-state index contributed by atoms with van der Waals surface area (Å²) >= 11 is 0. The van der Waals surface area contributed by atoms with Crippen LogP contribution in [0.2, 0.25) is 0 Å². The standard InChI is InChI=1S/C22H30FN5O2/c1-15-21(24)16(2)26-22(25-15)30-14-20(29)27(3)19-8-10-28(11-9-19)13-18-6-4-17(12-23)5-7-18/h4-7,19H,8-14,24H2,1-3H3. The Balaban J connectivity index is 1.45. The van der Waals surface area contributed by atoms with E-state index in [1.807, 2.05) is 31.3 Å². The molecule has 0 aliphatic carbocycles. The summed E-state index contributed by atoms with van der Waals surface area (Å²) in [5, 5.41) is 0. The molecule has 0 unspecified atom stereocenters. The first kappa shape index (κ1) is 22.0. The van der Waals surface area contributed by atoms with Gasteiger partial charge >= 0.3 is 6.01 Å². The molecule has 7 nitrogen and oxygen atoms in total. The Morgan fingerprint density at radius 1 is 1.17 bits per heavy atom. The van der Waals surface area contributed by atoms with Gasteiger partial charge in [0.15, 0.2) is 6.61 Å². The number of carbonyl (C=O) groups excluding carboxylic acids is 1. The van der Waals surface area contributed by atoms with E-state index in [0.29, 0.717) is 22.6 Å². The number of anilines is 1. The average molecular weight is 416 g/mol. The lowest BCUT2D eigenvalue weighted by molar-refractivity contribution is -0.135. The maximum atomic E-state index is 12.6. The van der Waals surface area contributed by atoms with Crippen LogP contribution in [0.15, 0.2) is 24.3 Å². The number of piperidine rings is 1. The zero-order valence-corrected chi connectivity index (χ0v) is 17.9. The molecule has 3 rings (SSSR count). The highest BCUT2D eigenvalue weighted by atomic mass is 19.1. The van der Waals surface area contributed by atoms with Gasteiger partial charge in [-0.1, -0.05) is 24.3 Å². The van der Waals surface area contributed by atoms with Gasteiger partial charge in [-0.3, -0.25) is 9.69 Å². The molecule has 0 atom stereocenters. The molecule has 0 saturated carbocycles. The van der Waals surface area contributed by atoms with E-state index in [1.165, 1.54) is 5.56 Å². The molecule has 1 amide bonds. The maximum Gasteiger partial charge on any atom is 0.317 e. The van der Waals surface area contributed by atoms with Crippen molar-refractivity contribution < 1.29 is 13.9 Å². The summed E-state index contributed by atoms with van der Waals surface area (Å²) in [5.74, 6) is -0.0917. The van der Waals surface area contributed by atoms with Crippen LogP contribution < -0.4 is 10.5 Å². The molecule has 0 bridgehead atoms. The number of nitrogen functional groups attached to an aromatic ring is 1. The van der Waals surface area contributed by atoms with Crippen LogP contribution in [0.5, 0.6) is 6.01 Å². The van der Waals surface area contributed by atoms with Gasteiger partial charge < -0.3 is 15.4 Å². The van der Waals surface area contributed by atoms with E-state index in [0.717, 1.165) is 32.5 Å². The molecule has 8 heteroatoms. The van der Waals surface area contributed by atoms with E-state index in [-0.39, 0.29) is 24.6 Å². The van der Waals surface area contributed by atoms with Crippen molar-refractivity contribution in [3.05, 3.63) is 46.8 Å². The minimum Gasteiger partial charge on any atom is -0.453 e. The number of hydrogen-bond donors (Lipinski definition) is 1. The molecule has 1 aliphatic rings. The predicted molar refractivity (Wildman–Crippen MR) is 114 cm³/mol. The number of nitrogens with zero attached hydrogens (tertiary/aromatic N) is 4. The summed E-state index contributed by atoms with van der Waals surface area (Å²) in [7, 11) is 1.82. The Bertz CT molecular complexity index is 843. The fraction of sp³-hybridized carbons (Fsp3) is 0.500. The molecule has 1 saturated heterocycles. The Labute approximate surface area is 177 Å². The van der Waals surface area contributed by atoms with Crippen LogP contribution >= 0.6 is 0 Å². The normalized spacial score (nSPS) is 15.2. The fourth-order valence-electron chi connectivity index (χ4n) is 3.65. The Morgan fingerprint density at radius 2 is 1.73 bits per heavy atom. The number of ether oxygens (including phenoxy) is 1. The predicted octanol–water partition coefficient (Wildman–Crippen LogP) is 2.65. The molecule has 2 N–H and O–H groups in total. The van der Waals surface area contributed by atoms with Crippen LogP contribution in [0.1, 0.15) is 35.4 Å². The second-order valence-electron chi connectivity index (χ2n) is 7.84. The molecule has 1 aromatic heterocycles. The van der Waals surface area contributed by atoms with Crippen molar-refractivity contribution in [3.63, 3.8) is 0 Å². The molecular formula is C22H30FN5O2. The van der Waals surface area contributed by atoms with Crippen LogP contribution in [0.4, 0.5) is 10.1 Å². The highest BCUT2D eigenvalue weighted by molar-refractivity contribution is 5.77. The highest BCUT2D eigenvalue weighted by Gasteiger charge is 2.25. The maximum absolute atomic E-state index is 12.6. The average Bonchev–Trinajstić information content (AvgIpc) is 2.76. The minimum atomic E-state index is -0.431. The Hall–Kier alpha value is -2.74. The Morgan fingerprint density at radius 3 is 2.30 bits per heavy atom. The second kappa shape index (κ2) is 9.84. The number of likely N-dealkylation sites (N-methyl/N-ethyl adjacent to an activating group) is 1. The first-order valence-electron chi connectivity index (χ1n) is 10.2. The number of aryl methyl sites for hydroxylation is 2. The van der Waals surface area contributed by atoms with Gasteiger partial charge in [0.2, 0.25) is 0 Å². The summed E-state index contributed by atoms with van der Waals surface area (Å²) in [4.78, 5) is 25.1. The summed E-state index contributed by atoms with van der Waals surface area (Å²) in [6, 6.07) is 7.99. The van der Waals surface area contributed by atoms with Crippen LogP contribution in [-0.2, 0) is 18.0 Å². The molecule has 30 heavy (non-hydrogen) atoms. The van der Waals surface area contributed by atoms with E-state index in [4.69, 9.17) is 10.5 Å². The molecule has 162 valence electrons. The third-order valence-corrected chi connectivity index (χ3v) is 5.71. The molecule has 2 aromatic rings. The lowest BCUT2D eigenvalue weighted by Gasteiger charge is -2.36. The van der Waals surface area contributed by atoms with Gasteiger partial charge in [0.25, 0.3) is 5.91 Å². The molecule has 1 fully saturated rings. The monoisotopic (exact) mass is 415 g/mol. The van der Waals surface area contributed by atoms with Crippen LogP contribution in [-0.4, -0.2) is 58.5 Å². The zero-order chi connectivity index (χ0) is 21.7. The number of hydrogen-bond acceptors (Lipinski definition) is 6. The van der Waals surface area contributed by atoms with Crippen molar-refractivity contribution in [2.45, 2.75) is 46.0 Å². The number of benzene rings is 1. The molecule has 1 aliphatic heterocycles. The first-order chi connectivity index (χ1) is 14.4. The van der Waals surface area contributed by atoms with Crippen LogP contribution in [0, 0.1) is 13.8 Å². The second-order valence-corrected chi connectivity index (χ2v) is 7.84. The van der Waals surface area contributed by atoms with Crippen molar-refractivity contribution >= 4 is 11.6 Å². The third-order valence-electron chi connectivity index (χ3n) is 5.71. The van der Waals surface area contributed by atoms with Gasteiger partial charge in [0.1, 0.15) is 6.67 Å². The van der Waals surface area contributed by atoms with Gasteiger partial charge in [-0.15, -0.1) is 0 Å². The number of likely N-dealkylation sites (tertiary alicyclic amines) is 1. The van der Waals surface area contributed by atoms with Crippen molar-refractivity contribution in [2.24, 2.45) is 0 Å². The lowest BCUT2D eigenvalue weighted by atomic mass is 10.0. The molecule has 0 spiro atoms. The SMILES string of the molecule is Cc1nc(OCC(=O)N(C)C2CCN(Cc3ccc(CF)cc3)CC2)nc(C)c1N. The third kappa shape index (κ3) is 5.44. The van der Waals surface area contributed by atoms with Crippen molar-refractivity contribution in [3.8, 4) is 6.01 Å². The van der Waals surface area contributed by atoms with E-state index >= 15 is 0 Å². The Kier molecular flexibility index (Phi) is 7.20. The van der Waals surface area contributed by atoms with E-state index in [2.05, 4.69) is 14.9 Å². The smallest absolute Gasteiger partial charge is 0.317 e. The number of carbonyl (C=O) groups is 1. The summed E-state index contributed by atoms with van der Waals surface area (Å²) in [5.41, 5.74) is 9.56. The van der Waals surface area contributed by atoms with E-state index < -0.39 is 6.67 Å². The number of nitrogens with two attached hydrogens (primary N) is 1. The largest absolute Gasteiger partial charge is 0.453 e. The van der Waals surface area contributed by atoms with Crippen LogP contribution in [0.3, 0.4) is 0 Å². The van der Waals surface area contributed by atoms with Crippen LogP contribution in [0.25, 0.3) is 0 Å². The lowest BCUT2D eigenvalue weighted by Crippen LogP contribution is -2.46. The summed E-state index contributed by atoms with van der Waals surface area (Å²) in [6.07, 6.45) is 1.81. The summed E-state index contributed by atoms with van der Waals surface area (Å²) < 4.78 is 18.1. The van der Waals surface area contributed by atoms with Crippen molar-refractivity contribution in [1.29, 1.82) is 0 Å². The van der Waals surface area contributed by atoms with Gasteiger partial charge in [0.05, 0.1) is 17.1 Å². The first-order valence-corrected chi connectivity index (χ1v) is 10.2. The minimum absolute atomic E-state index is 0.0917. The molecule has 0 radical (unpaired) electrons. The summed E-state index contributed by atoms with van der Waals surface area (Å²) in [6.45, 7) is 5.70. The number of rotatable bonds is 7. The number of halogens is 1. The van der Waals surface area contributed by atoms with Gasteiger partial charge in [0, 0.05) is 32.7 Å². The zero-order valence-electron chi connectivity index (χ0n) is 17.9. The molecular weight excluding hydrogens is 385 g/mol. The van der Waals surface area contributed by atoms with E-state index in [1.54, 1.807) is 18.7 Å². The number of amides is 1. The van der Waals surface area contributed by atoms with Gasteiger partial charge in [-0.2, -0.15) is 9.97 Å². The number of aromatic nitrogens is 2. The number of alkyl halides is 1. The fourth-order valence-corrected chi connectivity index (χ4v) is 3.65. The topological polar surface area (TPSA) is 84.6 Å². The van der Waals surface area contributed by atoms with Gasteiger partial charge in [-0.25, -0.2) is 4.39 Å².